The summed E-state index contributed by atoms with van der Waals surface area (Å²) in [6.45, 7) is 0. The third kappa shape index (κ3) is 2.37. The van der Waals surface area contributed by atoms with E-state index in [4.69, 9.17) is 0 Å². The molecule has 4 heteroatoms. The fraction of sp³-hybridized carbons (Fsp3) is 0.250. The van der Waals surface area contributed by atoms with Crippen molar-refractivity contribution in [3.8, 4) is 0 Å². The standard InChI is InChI=1S/C16H16N2O2/c19-16(17-15-8-4-5-11-18(15)20)14-10-9-13(14)12-6-2-1-3-7-12/h1-8,11,13-14,20H,9-10H2/t13-,14-/m0/s1. The van der Waals surface area contributed by atoms with Crippen LogP contribution in [0, 0.1) is 5.92 Å². The number of amides is 1. The molecule has 1 fully saturated rings. The summed E-state index contributed by atoms with van der Waals surface area (Å²) in [6, 6.07) is 15.1. The van der Waals surface area contributed by atoms with E-state index in [1.54, 1.807) is 18.2 Å². The van der Waals surface area contributed by atoms with Gasteiger partial charge in [-0.25, -0.2) is 0 Å². The first kappa shape index (κ1) is 12.7. The van der Waals surface area contributed by atoms with Gasteiger partial charge in [0.25, 0.3) is 5.91 Å². The molecule has 1 aromatic heterocycles. The minimum Gasteiger partial charge on any atom is -0.427 e. The van der Waals surface area contributed by atoms with Crippen LogP contribution in [0.1, 0.15) is 24.3 Å². The maximum Gasteiger partial charge on any atom is 0.251 e. The van der Waals surface area contributed by atoms with E-state index < -0.39 is 0 Å². The lowest BCUT2D eigenvalue weighted by atomic mass is 9.69. The molecule has 0 radical (unpaired) electrons. The van der Waals surface area contributed by atoms with Gasteiger partial charge >= 0.3 is 0 Å². The minimum absolute atomic E-state index is 0.0717. The first-order valence-corrected chi connectivity index (χ1v) is 6.76. The largest absolute Gasteiger partial charge is 0.427 e. The van der Waals surface area contributed by atoms with E-state index >= 15 is 0 Å². The van der Waals surface area contributed by atoms with Crippen molar-refractivity contribution in [1.29, 1.82) is 0 Å². The first-order chi connectivity index (χ1) is 9.75. The summed E-state index contributed by atoms with van der Waals surface area (Å²) in [5, 5.41) is 9.59. The molecule has 0 aliphatic heterocycles. The number of carbonyl (C=O) groups excluding carboxylic acids is 1. The van der Waals surface area contributed by atoms with Crippen molar-refractivity contribution in [3.63, 3.8) is 0 Å². The van der Waals surface area contributed by atoms with Gasteiger partial charge in [-0.2, -0.15) is 9.72 Å². The number of carbonyl (C=O) groups is 1. The Balaban J connectivity index is 1.82. The molecule has 1 amide bonds. The highest BCUT2D eigenvalue weighted by Gasteiger charge is 2.37. The van der Waals surface area contributed by atoms with Crippen LogP contribution in [0.25, 0.3) is 0 Å². The predicted molar refractivity (Wildman–Crippen MR) is 74.1 cm³/mol. The molecule has 1 N–H and O–H groups in total. The molecule has 0 bridgehead atoms. The summed E-state index contributed by atoms with van der Waals surface area (Å²) in [7, 11) is 0. The van der Waals surface area contributed by atoms with Gasteiger partial charge in [-0.1, -0.05) is 36.4 Å². The monoisotopic (exact) mass is 268 g/mol. The molecule has 1 saturated carbocycles. The Bertz CT molecular complexity index is 676. The number of benzene rings is 1. The number of hydrogen-bond donors (Lipinski definition) is 1. The molecule has 4 nitrogen and oxygen atoms in total. The summed E-state index contributed by atoms with van der Waals surface area (Å²) >= 11 is 0. The van der Waals surface area contributed by atoms with Gasteiger partial charge in [0.15, 0.2) is 5.49 Å². The molecule has 1 aliphatic carbocycles. The van der Waals surface area contributed by atoms with E-state index in [9.17, 15) is 10.0 Å². The van der Waals surface area contributed by atoms with Crippen LogP contribution in [0.4, 0.5) is 0 Å². The predicted octanol–water partition coefficient (Wildman–Crippen LogP) is 2.35. The maximum absolute atomic E-state index is 12.2. The van der Waals surface area contributed by atoms with Crippen molar-refractivity contribution in [2.45, 2.75) is 18.8 Å². The van der Waals surface area contributed by atoms with Crippen molar-refractivity contribution >= 4 is 5.91 Å². The highest BCUT2D eigenvalue weighted by molar-refractivity contribution is 5.81. The van der Waals surface area contributed by atoms with E-state index in [0.717, 1.165) is 17.6 Å². The normalized spacial score (nSPS) is 22.3. The van der Waals surface area contributed by atoms with Crippen LogP contribution >= 0.6 is 0 Å². The molecule has 0 saturated heterocycles. The Kier molecular flexibility index (Phi) is 3.37. The van der Waals surface area contributed by atoms with E-state index in [0.29, 0.717) is 0 Å². The van der Waals surface area contributed by atoms with E-state index in [2.05, 4.69) is 17.1 Å². The summed E-state index contributed by atoms with van der Waals surface area (Å²) in [5.74, 6) is 0.0278. The SMILES string of the molecule is O=C(N=c1ccccn1O)[C@H]1CC[C@H]1c1ccccc1. The second-order valence-electron chi connectivity index (χ2n) is 5.05. The molecule has 2 aromatic rings. The van der Waals surface area contributed by atoms with Gasteiger partial charge in [0.05, 0.1) is 0 Å². The number of pyridine rings is 1. The van der Waals surface area contributed by atoms with Crippen molar-refractivity contribution in [2.75, 3.05) is 0 Å². The second kappa shape index (κ2) is 5.33. The smallest absolute Gasteiger partial charge is 0.251 e. The Morgan fingerprint density at radius 1 is 1.10 bits per heavy atom. The molecule has 0 spiro atoms. The summed E-state index contributed by atoms with van der Waals surface area (Å²) in [4.78, 5) is 16.3. The Morgan fingerprint density at radius 2 is 1.85 bits per heavy atom. The van der Waals surface area contributed by atoms with Gasteiger partial charge in [-0.15, -0.1) is 0 Å². The van der Waals surface area contributed by atoms with E-state index in [1.165, 1.54) is 11.8 Å². The van der Waals surface area contributed by atoms with Crippen LogP contribution in [-0.4, -0.2) is 15.8 Å². The van der Waals surface area contributed by atoms with Gasteiger partial charge in [-0.3, -0.25) is 4.79 Å². The van der Waals surface area contributed by atoms with Crippen LogP contribution < -0.4 is 5.49 Å². The number of nitrogens with zero attached hydrogens (tertiary/aromatic N) is 2. The van der Waals surface area contributed by atoms with Crippen molar-refractivity contribution in [3.05, 3.63) is 65.8 Å². The fourth-order valence-electron chi connectivity index (χ4n) is 2.60. The van der Waals surface area contributed by atoms with Gasteiger partial charge < -0.3 is 5.21 Å². The van der Waals surface area contributed by atoms with Gasteiger partial charge in [0.2, 0.25) is 0 Å². The van der Waals surface area contributed by atoms with Crippen LogP contribution in [0.3, 0.4) is 0 Å². The molecular weight excluding hydrogens is 252 g/mol. The van der Waals surface area contributed by atoms with Gasteiger partial charge in [0, 0.05) is 12.1 Å². The first-order valence-electron chi connectivity index (χ1n) is 6.76. The summed E-state index contributed by atoms with van der Waals surface area (Å²) in [5.41, 5.74) is 1.47. The lowest BCUT2D eigenvalue weighted by molar-refractivity contribution is -0.125. The molecule has 102 valence electrons. The second-order valence-corrected chi connectivity index (χ2v) is 5.05. The average Bonchev–Trinajstić information content (AvgIpc) is 2.41. The molecule has 3 rings (SSSR count). The highest BCUT2D eigenvalue weighted by Crippen LogP contribution is 2.42. The van der Waals surface area contributed by atoms with Crippen LogP contribution in [0.2, 0.25) is 0 Å². The van der Waals surface area contributed by atoms with Gasteiger partial charge in [0.1, 0.15) is 0 Å². The zero-order valence-electron chi connectivity index (χ0n) is 11.0. The minimum atomic E-state index is -0.154. The lowest BCUT2D eigenvalue weighted by Gasteiger charge is -2.34. The summed E-state index contributed by atoms with van der Waals surface area (Å²) < 4.78 is 0.869. The van der Waals surface area contributed by atoms with E-state index in [1.807, 2.05) is 18.2 Å². The summed E-state index contributed by atoms with van der Waals surface area (Å²) in [6.07, 6.45) is 3.34. The van der Waals surface area contributed by atoms with E-state index in [-0.39, 0.29) is 23.2 Å². The topological polar surface area (TPSA) is 54.6 Å². The molecule has 20 heavy (non-hydrogen) atoms. The lowest BCUT2D eigenvalue weighted by Crippen LogP contribution is -2.32. The molecule has 2 atom stereocenters. The Labute approximate surface area is 117 Å². The zero-order chi connectivity index (χ0) is 13.9. The third-order valence-corrected chi connectivity index (χ3v) is 3.86. The van der Waals surface area contributed by atoms with Crippen LogP contribution in [0.15, 0.2) is 59.7 Å². The highest BCUT2D eigenvalue weighted by atomic mass is 16.5. The third-order valence-electron chi connectivity index (χ3n) is 3.86. The number of rotatable bonds is 2. The maximum atomic E-state index is 12.2. The Morgan fingerprint density at radius 3 is 2.50 bits per heavy atom. The van der Waals surface area contributed by atoms with Crippen LogP contribution in [0.5, 0.6) is 0 Å². The van der Waals surface area contributed by atoms with Crippen molar-refractivity contribution in [2.24, 2.45) is 10.9 Å². The number of aromatic nitrogens is 1. The van der Waals surface area contributed by atoms with Crippen molar-refractivity contribution < 1.29 is 10.0 Å². The molecule has 1 aromatic carbocycles. The van der Waals surface area contributed by atoms with Crippen LogP contribution in [-0.2, 0) is 4.79 Å². The Hall–Kier alpha value is -2.36. The molecular formula is C16H16N2O2. The number of hydrogen-bond acceptors (Lipinski definition) is 2. The zero-order valence-corrected chi connectivity index (χ0v) is 11.0. The fourth-order valence-corrected chi connectivity index (χ4v) is 2.60. The molecule has 1 aliphatic rings. The quantitative estimate of drug-likeness (QED) is 0.850. The average molecular weight is 268 g/mol. The van der Waals surface area contributed by atoms with Gasteiger partial charge in [-0.05, 0) is 36.5 Å². The molecule has 1 heterocycles. The van der Waals surface area contributed by atoms with Crippen molar-refractivity contribution in [1.82, 2.24) is 4.73 Å². The molecule has 0 unspecified atom stereocenters.